The molecule has 0 unspecified atom stereocenters. The van der Waals surface area contributed by atoms with Gasteiger partial charge in [0.25, 0.3) is 0 Å². The monoisotopic (exact) mass is 507 g/mol. The van der Waals surface area contributed by atoms with Crippen molar-refractivity contribution in [3.63, 3.8) is 0 Å². The van der Waals surface area contributed by atoms with E-state index in [1.165, 1.54) is 32.2 Å². The zero-order chi connectivity index (χ0) is 26.5. The highest BCUT2D eigenvalue weighted by molar-refractivity contribution is 5.87. The predicted molar refractivity (Wildman–Crippen MR) is 120 cm³/mol. The van der Waals surface area contributed by atoms with Crippen molar-refractivity contribution in [2.24, 2.45) is 16.7 Å². The van der Waals surface area contributed by atoms with Gasteiger partial charge in [0.05, 0.1) is 12.0 Å². The van der Waals surface area contributed by atoms with Crippen LogP contribution in [0.15, 0.2) is 30.0 Å². The molecular formula is C25H33NO10. The molecule has 4 aliphatic carbocycles. The number of carbonyl (C=O) groups is 1. The van der Waals surface area contributed by atoms with E-state index in [9.17, 15) is 40.5 Å². The Bertz CT molecular complexity index is 1200. The van der Waals surface area contributed by atoms with Crippen LogP contribution in [0.25, 0.3) is 0 Å². The molecule has 6 bridgehead atoms. The van der Waals surface area contributed by atoms with E-state index in [1.807, 2.05) is 0 Å². The van der Waals surface area contributed by atoms with Crippen LogP contribution in [0, 0.1) is 16.7 Å². The van der Waals surface area contributed by atoms with Crippen molar-refractivity contribution >= 4 is 5.97 Å². The van der Waals surface area contributed by atoms with Crippen LogP contribution in [-0.4, -0.2) is 99.3 Å². The Morgan fingerprint density at radius 2 is 1.89 bits per heavy atom. The summed E-state index contributed by atoms with van der Waals surface area (Å²) in [7, 11) is 0. The fraction of sp³-hybridized carbons (Fsp3) is 0.720. The molecule has 0 aromatic carbocycles. The first-order chi connectivity index (χ1) is 16.6. The topological polar surface area (TPSA) is 193 Å². The maximum absolute atomic E-state index is 13.2. The molecule has 1 aromatic rings. The molecule has 7 rings (SSSR count). The molecule has 3 heterocycles. The number of aromatic amines is 1. The molecule has 0 radical (unpaired) electrons. The third-order valence-corrected chi connectivity index (χ3v) is 11.0. The van der Waals surface area contributed by atoms with Crippen molar-refractivity contribution in [3.8, 4) is 0 Å². The van der Waals surface area contributed by atoms with Gasteiger partial charge < -0.3 is 50.2 Å². The summed E-state index contributed by atoms with van der Waals surface area (Å²) in [6.07, 6.45) is -1.48. The molecule has 5 fully saturated rings. The molecule has 10 atom stereocenters. The standard InChI is InChI=1S/C25H33NO10/c1-12(2)22(32)17(35-16(29)14-6-5-9-26-14)23(33)18(3)11-21(31)19(22,4)25(23,34)24(36-21)15(28)13(10-27)7-8-20(18,24)30/h5-7,9,12,15,17,26-28,30-34H,8,10-11H2,1-4H3/t15-,17+,18-,19-,20-,21-,22+,23+,24+,25+/m0/s1. The molecule has 8 N–H and O–H groups in total. The van der Waals surface area contributed by atoms with Gasteiger partial charge in [0.15, 0.2) is 17.5 Å². The lowest BCUT2D eigenvalue weighted by molar-refractivity contribution is -0.380. The molecule has 11 nitrogen and oxygen atoms in total. The van der Waals surface area contributed by atoms with Crippen molar-refractivity contribution < 1.29 is 50.0 Å². The summed E-state index contributed by atoms with van der Waals surface area (Å²) in [5.74, 6) is -4.11. The summed E-state index contributed by atoms with van der Waals surface area (Å²) < 4.78 is 11.9. The number of nitrogens with one attached hydrogen (secondary N) is 1. The highest BCUT2D eigenvalue weighted by atomic mass is 16.7. The first kappa shape index (κ1) is 24.5. The van der Waals surface area contributed by atoms with Gasteiger partial charge in [-0.25, -0.2) is 4.79 Å². The molecule has 0 amide bonds. The number of H-pyrrole nitrogens is 1. The third kappa shape index (κ3) is 1.76. The number of hydrogen-bond acceptors (Lipinski definition) is 10. The Labute approximate surface area is 207 Å². The average Bonchev–Trinajstić information content (AvgIpc) is 3.43. The molecule has 1 spiro atoms. The minimum absolute atomic E-state index is 0.0214. The van der Waals surface area contributed by atoms with Crippen LogP contribution in [0.2, 0.25) is 0 Å². The SMILES string of the molecule is CC(C)[C@@]1(O)[C@@H](OC(=O)c2ccc[nH]2)[C@@]2(O)[C@@]3(C)C[C@]4(O)O[C@@]5([C@@H](O)C(CO)=CC[C@]35O)[C@@]2(O)[C@]14C. The number of aliphatic hydroxyl groups excluding tert-OH is 2. The molecular weight excluding hydrogens is 474 g/mol. The molecule has 198 valence electrons. The summed E-state index contributed by atoms with van der Waals surface area (Å²) in [4.78, 5) is 15.9. The van der Waals surface area contributed by atoms with Gasteiger partial charge in [-0.15, -0.1) is 0 Å². The van der Waals surface area contributed by atoms with E-state index >= 15 is 0 Å². The predicted octanol–water partition coefficient (Wildman–Crippen LogP) is -1.30. The molecule has 2 aliphatic heterocycles. The quantitative estimate of drug-likeness (QED) is 0.179. The van der Waals surface area contributed by atoms with Crippen molar-refractivity contribution in [1.29, 1.82) is 0 Å². The first-order valence-electron chi connectivity index (χ1n) is 12.2. The molecule has 11 heteroatoms. The molecule has 2 saturated heterocycles. The van der Waals surface area contributed by atoms with Gasteiger partial charge in [0.1, 0.15) is 34.2 Å². The van der Waals surface area contributed by atoms with Crippen LogP contribution in [0.3, 0.4) is 0 Å². The van der Waals surface area contributed by atoms with E-state index in [1.54, 1.807) is 19.9 Å². The average molecular weight is 508 g/mol. The van der Waals surface area contributed by atoms with Crippen LogP contribution < -0.4 is 0 Å². The Morgan fingerprint density at radius 3 is 2.44 bits per heavy atom. The lowest BCUT2D eigenvalue weighted by atomic mass is 9.52. The van der Waals surface area contributed by atoms with Crippen molar-refractivity contribution in [3.05, 3.63) is 35.7 Å². The third-order valence-electron chi connectivity index (χ3n) is 11.0. The van der Waals surface area contributed by atoms with E-state index in [2.05, 4.69) is 4.98 Å². The second kappa shape index (κ2) is 6.24. The van der Waals surface area contributed by atoms with E-state index in [-0.39, 0.29) is 17.7 Å². The highest BCUT2D eigenvalue weighted by Gasteiger charge is 3.10. The van der Waals surface area contributed by atoms with Crippen LogP contribution in [-0.2, 0) is 9.47 Å². The fourth-order valence-electron chi connectivity index (χ4n) is 9.25. The van der Waals surface area contributed by atoms with Crippen molar-refractivity contribution in [2.45, 2.75) is 86.5 Å². The lowest BCUT2D eigenvalue weighted by Gasteiger charge is -2.59. The molecule has 1 aromatic heterocycles. The zero-order valence-corrected chi connectivity index (χ0v) is 20.5. The Kier molecular flexibility index (Phi) is 4.25. The summed E-state index contributed by atoms with van der Waals surface area (Å²) in [5, 5.41) is 83.7. The minimum Gasteiger partial charge on any atom is -0.451 e. The van der Waals surface area contributed by atoms with Crippen molar-refractivity contribution in [2.75, 3.05) is 6.61 Å². The number of hydrogen-bond donors (Lipinski definition) is 8. The van der Waals surface area contributed by atoms with Gasteiger partial charge in [-0.1, -0.05) is 26.8 Å². The number of aliphatic hydroxyl groups is 7. The van der Waals surface area contributed by atoms with Gasteiger partial charge in [-0.3, -0.25) is 0 Å². The summed E-state index contributed by atoms with van der Waals surface area (Å²) in [6.45, 7) is 5.29. The molecule has 6 aliphatic rings. The number of aromatic nitrogens is 1. The summed E-state index contributed by atoms with van der Waals surface area (Å²) >= 11 is 0. The van der Waals surface area contributed by atoms with Crippen LogP contribution >= 0.6 is 0 Å². The van der Waals surface area contributed by atoms with Gasteiger partial charge >= 0.3 is 5.97 Å². The van der Waals surface area contributed by atoms with Gasteiger partial charge in [0, 0.05) is 18.0 Å². The van der Waals surface area contributed by atoms with E-state index in [0.29, 0.717) is 0 Å². The summed E-state index contributed by atoms with van der Waals surface area (Å²) in [5.41, 5.74) is -16.2. The maximum Gasteiger partial charge on any atom is 0.355 e. The Balaban J connectivity index is 1.69. The van der Waals surface area contributed by atoms with Crippen LogP contribution in [0.5, 0.6) is 0 Å². The van der Waals surface area contributed by atoms with Crippen molar-refractivity contribution in [1.82, 2.24) is 4.98 Å². The number of rotatable bonds is 4. The highest BCUT2D eigenvalue weighted by Crippen LogP contribution is 2.90. The van der Waals surface area contributed by atoms with E-state index < -0.39 is 81.7 Å². The lowest BCUT2D eigenvalue weighted by Crippen LogP contribution is -2.74. The summed E-state index contributed by atoms with van der Waals surface area (Å²) in [6, 6.07) is 3.00. The minimum atomic E-state index is -2.74. The van der Waals surface area contributed by atoms with E-state index in [4.69, 9.17) is 9.47 Å². The molecule has 3 saturated carbocycles. The number of esters is 1. The van der Waals surface area contributed by atoms with Gasteiger partial charge in [-0.2, -0.15) is 0 Å². The Hall–Kier alpha value is -1.83. The zero-order valence-electron chi connectivity index (χ0n) is 20.5. The first-order valence-corrected chi connectivity index (χ1v) is 12.2. The van der Waals surface area contributed by atoms with Gasteiger partial charge in [-0.05, 0) is 37.0 Å². The second-order valence-corrected chi connectivity index (χ2v) is 12.0. The fourth-order valence-corrected chi connectivity index (χ4v) is 9.25. The second-order valence-electron chi connectivity index (χ2n) is 12.0. The van der Waals surface area contributed by atoms with E-state index in [0.717, 1.165) is 0 Å². The maximum atomic E-state index is 13.2. The van der Waals surface area contributed by atoms with Crippen LogP contribution in [0.1, 0.15) is 51.0 Å². The van der Waals surface area contributed by atoms with Crippen LogP contribution in [0.4, 0.5) is 0 Å². The largest absolute Gasteiger partial charge is 0.451 e. The Morgan fingerprint density at radius 1 is 1.22 bits per heavy atom. The smallest absolute Gasteiger partial charge is 0.355 e. The number of ether oxygens (including phenoxy) is 2. The van der Waals surface area contributed by atoms with Gasteiger partial charge in [0.2, 0.25) is 0 Å². The normalized spacial score (nSPS) is 56.3. The molecule has 36 heavy (non-hydrogen) atoms. The number of carbonyl (C=O) groups excluding carboxylic acids is 1.